The molecular formula is C35H54N6O6. The highest BCUT2D eigenvalue weighted by Crippen LogP contribution is 2.35. The second-order valence-corrected chi connectivity index (χ2v) is 15.6. The number of nitrogens with two attached hydrogens (primary N) is 1. The zero-order valence-electron chi connectivity index (χ0n) is 29.1. The molecule has 1 heterocycles. The number of urea groups is 1. The van der Waals surface area contributed by atoms with Gasteiger partial charge in [-0.2, -0.15) is 0 Å². The molecule has 2 aliphatic rings. The number of amides is 6. The van der Waals surface area contributed by atoms with Crippen LogP contribution in [0.3, 0.4) is 0 Å². The van der Waals surface area contributed by atoms with Crippen molar-refractivity contribution in [2.75, 3.05) is 6.54 Å². The van der Waals surface area contributed by atoms with Gasteiger partial charge in [-0.25, -0.2) is 4.79 Å². The lowest BCUT2D eigenvalue weighted by molar-refractivity contribution is -0.144. The van der Waals surface area contributed by atoms with Gasteiger partial charge in [0.05, 0.1) is 6.04 Å². The fourth-order valence-corrected chi connectivity index (χ4v) is 6.13. The third kappa shape index (κ3) is 10.3. The van der Waals surface area contributed by atoms with Crippen LogP contribution < -0.4 is 27.0 Å². The molecule has 12 heteroatoms. The highest BCUT2D eigenvalue weighted by molar-refractivity contribution is 6.37. The van der Waals surface area contributed by atoms with Crippen molar-refractivity contribution in [3.8, 4) is 0 Å². The number of likely N-dealkylation sites (tertiary alicyclic amines) is 1. The Hall–Kier alpha value is -3.96. The number of hydrogen-bond donors (Lipinski definition) is 5. The molecule has 47 heavy (non-hydrogen) atoms. The minimum Gasteiger partial charge on any atom is -0.363 e. The normalized spacial score (nSPS) is 20.1. The van der Waals surface area contributed by atoms with E-state index in [9.17, 15) is 28.8 Å². The first-order valence-corrected chi connectivity index (χ1v) is 16.6. The van der Waals surface area contributed by atoms with Gasteiger partial charge in [0.2, 0.25) is 23.5 Å². The third-order valence-corrected chi connectivity index (χ3v) is 9.10. The molecule has 1 saturated heterocycles. The third-order valence-electron chi connectivity index (χ3n) is 9.10. The topological polar surface area (TPSA) is 180 Å². The summed E-state index contributed by atoms with van der Waals surface area (Å²) in [6.07, 6.45) is 2.69. The van der Waals surface area contributed by atoms with E-state index in [1.54, 1.807) is 0 Å². The Morgan fingerprint density at radius 2 is 1.43 bits per heavy atom. The molecule has 260 valence electrons. The summed E-state index contributed by atoms with van der Waals surface area (Å²) in [7, 11) is 0. The molecule has 1 aromatic carbocycles. The predicted molar refractivity (Wildman–Crippen MR) is 178 cm³/mol. The molecular weight excluding hydrogens is 600 g/mol. The number of rotatable bonds is 13. The molecule has 6 N–H and O–H groups in total. The number of benzene rings is 1. The van der Waals surface area contributed by atoms with Crippen molar-refractivity contribution in [2.45, 2.75) is 112 Å². The van der Waals surface area contributed by atoms with Gasteiger partial charge < -0.3 is 31.9 Å². The van der Waals surface area contributed by atoms with E-state index in [0.717, 1.165) is 18.4 Å². The van der Waals surface area contributed by atoms with Gasteiger partial charge in [0.15, 0.2) is 0 Å². The molecule has 2 fully saturated rings. The van der Waals surface area contributed by atoms with Crippen molar-refractivity contribution >= 4 is 35.4 Å². The first-order chi connectivity index (χ1) is 21.8. The van der Waals surface area contributed by atoms with Crippen LogP contribution in [-0.4, -0.2) is 71.1 Å². The van der Waals surface area contributed by atoms with E-state index in [-0.39, 0.29) is 30.2 Å². The van der Waals surface area contributed by atoms with Crippen LogP contribution in [-0.2, 0) is 30.5 Å². The SMILES string of the molecule is CC(C)C1CCN(C(=O)[C@@H](NC(=O)N[C@H](C(=O)NCc2ccccc2)C(C)(C)C)C(C)(C)C)[C@@H]1C(=O)NC(CC1CC1)C(=O)C(N)=O. The molecule has 6 amide bonds. The van der Waals surface area contributed by atoms with Crippen LogP contribution in [0.25, 0.3) is 0 Å². The number of primary amides is 1. The van der Waals surface area contributed by atoms with E-state index in [2.05, 4.69) is 21.3 Å². The summed E-state index contributed by atoms with van der Waals surface area (Å²) in [5.41, 5.74) is 4.79. The van der Waals surface area contributed by atoms with E-state index < -0.39 is 64.5 Å². The molecule has 12 nitrogen and oxygen atoms in total. The lowest BCUT2D eigenvalue weighted by Crippen LogP contribution is -2.63. The van der Waals surface area contributed by atoms with Gasteiger partial charge in [0.1, 0.15) is 18.1 Å². The maximum atomic E-state index is 14.3. The van der Waals surface area contributed by atoms with Crippen LogP contribution >= 0.6 is 0 Å². The molecule has 0 spiro atoms. The molecule has 1 saturated carbocycles. The Morgan fingerprint density at radius 3 is 1.94 bits per heavy atom. The number of Topliss-reactive ketones (excluding diaryl/α,β-unsaturated/α-hetero) is 1. The summed E-state index contributed by atoms with van der Waals surface area (Å²) in [6, 6.07) is 4.81. The van der Waals surface area contributed by atoms with E-state index >= 15 is 0 Å². The van der Waals surface area contributed by atoms with Crippen molar-refractivity contribution in [2.24, 2.45) is 34.3 Å². The standard InChI is InChI=1S/C35H54N6O6/c1-20(2)23-16-17-41(25(23)30(44)38-24(18-21-14-15-21)26(42)29(36)43)32(46)28(35(6,7)8)40-33(47)39-27(34(3,4)5)31(45)37-19-22-12-10-9-11-13-22/h9-13,20-21,23-25,27-28H,14-19H2,1-8H3,(H2,36,43)(H,37,45)(H,38,44)(H2,39,40,47)/t23?,24?,25-,27+,28+/m0/s1. The van der Waals surface area contributed by atoms with Gasteiger partial charge in [0.25, 0.3) is 5.91 Å². The lowest BCUT2D eigenvalue weighted by atomic mass is 9.84. The zero-order chi connectivity index (χ0) is 35.3. The van der Waals surface area contributed by atoms with Gasteiger partial charge in [-0.1, -0.05) is 98.6 Å². The maximum absolute atomic E-state index is 14.3. The van der Waals surface area contributed by atoms with Gasteiger partial charge in [-0.15, -0.1) is 0 Å². The van der Waals surface area contributed by atoms with Gasteiger partial charge in [-0.05, 0) is 47.0 Å². The average Bonchev–Trinajstić information content (AvgIpc) is 3.68. The Bertz CT molecular complexity index is 1310. The summed E-state index contributed by atoms with van der Waals surface area (Å²) < 4.78 is 0. The van der Waals surface area contributed by atoms with Crippen molar-refractivity contribution in [1.29, 1.82) is 0 Å². The summed E-state index contributed by atoms with van der Waals surface area (Å²) >= 11 is 0. The number of ketones is 1. The monoisotopic (exact) mass is 654 g/mol. The number of carbonyl (C=O) groups is 6. The van der Waals surface area contributed by atoms with E-state index in [1.165, 1.54) is 4.90 Å². The minimum absolute atomic E-state index is 0.0311. The molecule has 0 radical (unpaired) electrons. The molecule has 1 aliphatic carbocycles. The van der Waals surface area contributed by atoms with Crippen molar-refractivity contribution in [1.82, 2.24) is 26.2 Å². The number of hydrogen-bond acceptors (Lipinski definition) is 6. The van der Waals surface area contributed by atoms with Crippen molar-refractivity contribution < 1.29 is 28.8 Å². The highest BCUT2D eigenvalue weighted by atomic mass is 16.2. The second-order valence-electron chi connectivity index (χ2n) is 15.6. The Balaban J connectivity index is 1.80. The summed E-state index contributed by atoms with van der Waals surface area (Å²) in [5, 5.41) is 11.2. The lowest BCUT2D eigenvalue weighted by Gasteiger charge is -2.37. The molecule has 0 bridgehead atoms. The smallest absolute Gasteiger partial charge is 0.316 e. The Labute approximate surface area is 278 Å². The largest absolute Gasteiger partial charge is 0.363 e. The Kier molecular flexibility index (Phi) is 12.2. The molecule has 1 aliphatic heterocycles. The van der Waals surface area contributed by atoms with Crippen molar-refractivity contribution in [3.63, 3.8) is 0 Å². The van der Waals surface area contributed by atoms with Crippen LogP contribution in [0, 0.1) is 28.6 Å². The van der Waals surface area contributed by atoms with Crippen molar-refractivity contribution in [3.05, 3.63) is 35.9 Å². The number of nitrogens with one attached hydrogen (secondary N) is 4. The maximum Gasteiger partial charge on any atom is 0.316 e. The van der Waals surface area contributed by atoms with E-state index in [4.69, 9.17) is 5.73 Å². The second kappa shape index (κ2) is 15.3. The molecule has 1 aromatic rings. The zero-order valence-corrected chi connectivity index (χ0v) is 29.1. The first kappa shape index (κ1) is 37.5. The molecule has 0 aromatic heterocycles. The molecule has 3 rings (SSSR count). The number of nitrogens with zero attached hydrogens (tertiary/aromatic N) is 1. The van der Waals surface area contributed by atoms with Crippen LogP contribution in [0.15, 0.2) is 30.3 Å². The summed E-state index contributed by atoms with van der Waals surface area (Å²) in [5.74, 6) is -3.24. The average molecular weight is 655 g/mol. The van der Waals surface area contributed by atoms with E-state index in [0.29, 0.717) is 19.4 Å². The van der Waals surface area contributed by atoms with Crippen LogP contribution in [0.2, 0.25) is 0 Å². The van der Waals surface area contributed by atoms with Gasteiger partial charge >= 0.3 is 6.03 Å². The molecule has 5 atom stereocenters. The fourth-order valence-electron chi connectivity index (χ4n) is 6.13. The number of carbonyl (C=O) groups excluding carboxylic acids is 6. The van der Waals surface area contributed by atoms with Crippen LogP contribution in [0.5, 0.6) is 0 Å². The molecule has 2 unspecified atom stereocenters. The van der Waals surface area contributed by atoms with E-state index in [1.807, 2.05) is 85.7 Å². The first-order valence-electron chi connectivity index (χ1n) is 16.6. The summed E-state index contributed by atoms with van der Waals surface area (Å²) in [4.78, 5) is 80.8. The highest BCUT2D eigenvalue weighted by Gasteiger charge is 2.48. The fraction of sp³-hybridized carbons (Fsp3) is 0.657. The van der Waals surface area contributed by atoms with Crippen LogP contribution in [0.1, 0.15) is 86.6 Å². The summed E-state index contributed by atoms with van der Waals surface area (Å²) in [6.45, 7) is 15.5. The Morgan fingerprint density at radius 1 is 0.851 bits per heavy atom. The minimum atomic E-state index is -1.11. The van der Waals surface area contributed by atoms with Gasteiger partial charge in [-0.3, -0.25) is 24.0 Å². The van der Waals surface area contributed by atoms with Crippen LogP contribution in [0.4, 0.5) is 4.79 Å². The predicted octanol–water partition coefficient (Wildman–Crippen LogP) is 2.64. The quantitative estimate of drug-likeness (QED) is 0.204. The van der Waals surface area contributed by atoms with Gasteiger partial charge in [0, 0.05) is 13.1 Å².